The first kappa shape index (κ1) is 38.8. The van der Waals surface area contributed by atoms with Crippen molar-refractivity contribution in [3.63, 3.8) is 0 Å². The Bertz CT molecular complexity index is 1960. The van der Waals surface area contributed by atoms with Gasteiger partial charge in [0.25, 0.3) is 11.8 Å². The molecule has 2 aliphatic carbocycles. The van der Waals surface area contributed by atoms with Crippen molar-refractivity contribution in [3.05, 3.63) is 70.3 Å². The van der Waals surface area contributed by atoms with E-state index in [4.69, 9.17) is 25.8 Å². The molecule has 2 aromatic rings. The Hall–Kier alpha value is -3.09. The molecule has 0 aromatic heterocycles. The molecule has 8 rings (SSSR count). The summed E-state index contributed by atoms with van der Waals surface area (Å²) in [6, 6.07) is 11.9. The first-order valence-electron chi connectivity index (χ1n) is 20.2. The number of nitrogens with one attached hydrogen (secondary N) is 1. The van der Waals surface area contributed by atoms with E-state index in [0.29, 0.717) is 44.2 Å². The van der Waals surface area contributed by atoms with Crippen molar-refractivity contribution in [1.29, 1.82) is 0 Å². The monoisotopic (exact) mass is 792 g/mol. The average Bonchev–Trinajstić information content (AvgIpc) is 3.30. The Morgan fingerprint density at radius 3 is 2.71 bits per heavy atom. The van der Waals surface area contributed by atoms with Gasteiger partial charge in [-0.05, 0) is 117 Å². The normalized spacial score (nSPS) is 37.4. The minimum atomic E-state index is -2.99. The molecule has 55 heavy (non-hydrogen) atoms. The van der Waals surface area contributed by atoms with Crippen molar-refractivity contribution >= 4 is 44.7 Å². The molecule has 2 amide bonds. The minimum Gasteiger partial charge on any atom is -0.490 e. The van der Waals surface area contributed by atoms with Crippen LogP contribution < -0.4 is 14.4 Å². The van der Waals surface area contributed by atoms with E-state index in [1.807, 2.05) is 44.1 Å². The molecule has 1 saturated carbocycles. The molecule has 1 N–H and O–H groups in total. The lowest BCUT2D eigenvalue weighted by atomic mass is 9.63. The summed E-state index contributed by atoms with van der Waals surface area (Å²) in [5.41, 5.74) is 3.04. The number of fused-ring (bicyclic) bond motifs is 5. The summed E-state index contributed by atoms with van der Waals surface area (Å²) in [6.45, 7) is 11.3. The highest BCUT2D eigenvalue weighted by Gasteiger charge is 2.50. The van der Waals surface area contributed by atoms with Crippen molar-refractivity contribution < 1.29 is 28.0 Å². The first-order valence-corrected chi connectivity index (χ1v) is 22.3. The second-order valence-electron chi connectivity index (χ2n) is 17.3. The van der Waals surface area contributed by atoms with Crippen LogP contribution in [0.5, 0.6) is 5.75 Å². The van der Waals surface area contributed by atoms with Crippen LogP contribution in [0.2, 0.25) is 5.02 Å². The third kappa shape index (κ3) is 7.22. The predicted molar refractivity (Wildman–Crippen MR) is 219 cm³/mol. The van der Waals surface area contributed by atoms with Crippen LogP contribution in [-0.4, -0.2) is 114 Å². The van der Waals surface area contributed by atoms with E-state index in [2.05, 4.69) is 51.6 Å². The summed E-state index contributed by atoms with van der Waals surface area (Å²) < 4.78 is 36.3. The van der Waals surface area contributed by atoms with Crippen molar-refractivity contribution in [2.24, 2.45) is 17.8 Å². The number of anilines is 1. The summed E-state index contributed by atoms with van der Waals surface area (Å²) in [5.74, 6) is 5.02. The van der Waals surface area contributed by atoms with Gasteiger partial charge in [-0.15, -0.1) is 0 Å². The average molecular weight is 793 g/mol. The van der Waals surface area contributed by atoms with Gasteiger partial charge in [0.2, 0.25) is 0 Å². The molecule has 298 valence electrons. The summed E-state index contributed by atoms with van der Waals surface area (Å²) in [7, 11) is -1.15. The zero-order valence-electron chi connectivity index (χ0n) is 32.8. The molecule has 2 aromatic carbocycles. The quantitative estimate of drug-likeness (QED) is 0.322. The summed E-state index contributed by atoms with van der Waals surface area (Å²) >= 11 is 6.52. The highest BCUT2D eigenvalue weighted by atomic mass is 35.5. The fourth-order valence-corrected chi connectivity index (χ4v) is 12.0. The highest BCUT2D eigenvalue weighted by molar-refractivity contribution is 7.99. The molecule has 10 nitrogen and oxygen atoms in total. The van der Waals surface area contributed by atoms with Crippen molar-refractivity contribution in [2.45, 2.75) is 87.7 Å². The number of carbonyl (C=O) groups excluding carboxylic acids is 2. The molecule has 9 atom stereocenters. The molecule has 6 aliphatic rings. The van der Waals surface area contributed by atoms with Crippen LogP contribution in [0.25, 0.3) is 0 Å². The molecular formula is C43H57ClN4O6S. The molecule has 12 heteroatoms. The molecule has 1 spiro atoms. The smallest absolute Gasteiger partial charge is 0.262 e. The summed E-state index contributed by atoms with van der Waals surface area (Å²) in [4.78, 5) is 33.7. The highest BCUT2D eigenvalue weighted by Crippen LogP contribution is 2.49. The second kappa shape index (κ2) is 15.0. The van der Waals surface area contributed by atoms with Crippen molar-refractivity contribution in [3.8, 4) is 5.75 Å². The number of methoxy groups -OCH3 is 1. The number of hydrogen-bond acceptors (Lipinski definition) is 8. The van der Waals surface area contributed by atoms with Gasteiger partial charge in [-0.1, -0.05) is 36.7 Å². The van der Waals surface area contributed by atoms with Gasteiger partial charge in [0.15, 0.2) is 0 Å². The Balaban J connectivity index is 1.18. The predicted octanol–water partition coefficient (Wildman–Crippen LogP) is 5.50. The maximum absolute atomic E-state index is 14.1. The number of morpholine rings is 1. The number of rotatable bonds is 3. The first-order chi connectivity index (χ1) is 26.3. The fourth-order valence-electron chi connectivity index (χ4n) is 10.3. The number of halogens is 1. The van der Waals surface area contributed by atoms with Crippen LogP contribution in [0, 0.1) is 17.8 Å². The van der Waals surface area contributed by atoms with Gasteiger partial charge in [-0.2, -0.15) is 0 Å². The van der Waals surface area contributed by atoms with Crippen molar-refractivity contribution in [1.82, 2.24) is 14.5 Å². The standard InChI is InChI=1S/C43H57ClN4O6S/c1-28-8-6-17-43(52-4,26-46-18-19-48-35(23-46)24-53-29(2)41(48)50)37-13-10-33(37)22-47-25-42(16-7-9-31-20-34(44)12-14-36(31)42)27-54-39-15-11-32(21-38(39)47)40(49)45-55(5,51)30(28)3/h6,11-12,14-15,17,20-21,28-30,33,35,37H,5,7-10,13,16,18-19,22-27H2,1-4H3,(H,45,49,51)/b17-6+/t28-,29-,30+,33-,35-,37+,42-,43+,55?/m0/s1. The Labute approximate surface area is 332 Å². The van der Waals surface area contributed by atoms with Gasteiger partial charge in [-0.3, -0.25) is 19.2 Å². The van der Waals surface area contributed by atoms with E-state index in [-0.39, 0.29) is 40.4 Å². The lowest BCUT2D eigenvalue weighted by molar-refractivity contribution is -0.164. The Kier molecular flexibility index (Phi) is 10.6. The molecule has 2 bridgehead atoms. The SMILES string of the molecule is C=S1(=O)NC(=O)c2ccc3c(c2)N(C[C@@H]2CC[C@H]2[C@@](CN2CCN4C(=O)[C@H](C)OC[C@@H]4C2)(OC)/C=C/C[C@H](C)[C@H]1C)C[C@@]1(CCCc2cc(Cl)ccc21)CO3. The number of carbonyl (C=O) groups is 2. The second-order valence-corrected chi connectivity index (χ2v) is 20.1. The van der Waals surface area contributed by atoms with E-state index in [9.17, 15) is 13.8 Å². The minimum absolute atomic E-state index is 0.0162. The van der Waals surface area contributed by atoms with Crippen LogP contribution in [-0.2, 0) is 35.8 Å². The van der Waals surface area contributed by atoms with Crippen molar-refractivity contribution in [2.75, 3.05) is 64.5 Å². The Morgan fingerprint density at radius 2 is 1.93 bits per heavy atom. The molecule has 3 fully saturated rings. The fraction of sp³-hybridized carbons (Fsp3) is 0.605. The van der Waals surface area contributed by atoms with E-state index < -0.39 is 21.4 Å². The van der Waals surface area contributed by atoms with Crippen LogP contribution in [0.1, 0.15) is 74.4 Å². The van der Waals surface area contributed by atoms with Crippen LogP contribution in [0.15, 0.2) is 48.6 Å². The number of allylic oxidation sites excluding steroid dienone is 1. The molecule has 0 radical (unpaired) electrons. The van der Waals surface area contributed by atoms with Gasteiger partial charge in [-0.25, -0.2) is 4.21 Å². The van der Waals surface area contributed by atoms with E-state index >= 15 is 0 Å². The Morgan fingerprint density at radius 1 is 1.09 bits per heavy atom. The molecule has 2 saturated heterocycles. The lowest BCUT2D eigenvalue weighted by Crippen LogP contribution is -2.65. The largest absolute Gasteiger partial charge is 0.490 e. The summed E-state index contributed by atoms with van der Waals surface area (Å²) in [6.07, 6.45) is 9.84. The number of benzene rings is 2. The van der Waals surface area contributed by atoms with E-state index in [1.54, 1.807) is 6.07 Å². The maximum atomic E-state index is 14.1. The molecule has 1 unspecified atom stereocenters. The van der Waals surface area contributed by atoms with E-state index in [1.165, 1.54) is 11.1 Å². The number of ether oxygens (including phenoxy) is 3. The summed E-state index contributed by atoms with van der Waals surface area (Å²) in [5, 5.41) is 0.377. The molecule has 4 heterocycles. The van der Waals surface area contributed by atoms with Gasteiger partial charge < -0.3 is 24.0 Å². The third-order valence-electron chi connectivity index (χ3n) is 14.0. The zero-order valence-corrected chi connectivity index (χ0v) is 34.3. The van der Waals surface area contributed by atoms with Crippen LogP contribution in [0.4, 0.5) is 5.69 Å². The van der Waals surface area contributed by atoms with Gasteiger partial charge >= 0.3 is 0 Å². The van der Waals surface area contributed by atoms with E-state index in [0.717, 1.165) is 74.7 Å². The van der Waals surface area contributed by atoms with Gasteiger partial charge in [0.05, 0.1) is 34.7 Å². The number of piperazine rings is 1. The third-order valence-corrected chi connectivity index (χ3v) is 16.4. The van der Waals surface area contributed by atoms with Crippen LogP contribution in [0.3, 0.4) is 0 Å². The van der Waals surface area contributed by atoms with Gasteiger partial charge in [0.1, 0.15) is 17.5 Å². The lowest BCUT2D eigenvalue weighted by Gasteiger charge is -2.53. The topological polar surface area (TPSA) is 101 Å². The maximum Gasteiger partial charge on any atom is 0.262 e. The van der Waals surface area contributed by atoms with Crippen LogP contribution >= 0.6 is 11.6 Å². The van der Waals surface area contributed by atoms with Gasteiger partial charge in [0, 0.05) is 67.6 Å². The zero-order chi connectivity index (χ0) is 38.7. The number of nitrogens with zero attached hydrogens (tertiary/aromatic N) is 3. The molecule has 4 aliphatic heterocycles. The molecular weight excluding hydrogens is 736 g/mol. The number of aryl methyl sites for hydroxylation is 1. The number of amides is 2. The number of hydrogen-bond donors (Lipinski definition) is 1.